The van der Waals surface area contributed by atoms with Gasteiger partial charge in [-0.2, -0.15) is 0 Å². The van der Waals surface area contributed by atoms with Crippen molar-refractivity contribution < 1.29 is 14.8 Å². The smallest absolute Gasteiger partial charge is 0.410 e. The van der Waals surface area contributed by atoms with E-state index in [2.05, 4.69) is 9.68 Å². The molecule has 1 rings (SSSR count). The van der Waals surface area contributed by atoms with Crippen LogP contribution in [0, 0.1) is 6.92 Å². The molecule has 0 aliphatic rings. The fourth-order valence-electron chi connectivity index (χ4n) is 0.384. The second-order valence-electron chi connectivity index (χ2n) is 1.34. The zero-order chi connectivity index (χ0) is 5.28. The molecule has 3 heteroatoms. The molecule has 3 nitrogen and oxygen atoms in total. The van der Waals surface area contributed by atoms with E-state index in [9.17, 15) is 0 Å². The second-order valence-corrected chi connectivity index (χ2v) is 1.34. The number of nitrogens with one attached hydrogen (secondary N) is 1. The topological polar surface area (TPSA) is 47.5 Å². The lowest BCUT2D eigenvalue weighted by Crippen LogP contribution is -1.91. The third-order valence-electron chi connectivity index (χ3n) is 0.657. The highest BCUT2D eigenvalue weighted by molar-refractivity contribution is 5.00. The lowest BCUT2D eigenvalue weighted by Gasteiger charge is -1.58. The lowest BCUT2D eigenvalue weighted by molar-refractivity contribution is -0.616. The highest BCUT2D eigenvalue weighted by Gasteiger charge is 1.99. The van der Waals surface area contributed by atoms with Gasteiger partial charge in [-0.3, -0.25) is 0 Å². The maximum atomic E-state index is 8.50. The number of aromatic hydroxyl groups is 1. The van der Waals surface area contributed by atoms with Crippen LogP contribution in [0.4, 0.5) is 0 Å². The van der Waals surface area contributed by atoms with E-state index in [1.807, 2.05) is 0 Å². The van der Waals surface area contributed by atoms with Crippen LogP contribution in [0.25, 0.3) is 0 Å². The van der Waals surface area contributed by atoms with Crippen LogP contribution >= 0.6 is 0 Å². The van der Waals surface area contributed by atoms with Crippen LogP contribution in [0.3, 0.4) is 0 Å². The minimum absolute atomic E-state index is 0.0671. The van der Waals surface area contributed by atoms with E-state index >= 15 is 0 Å². The summed E-state index contributed by atoms with van der Waals surface area (Å²) in [6, 6.07) is 1.50. The molecular weight excluding hydrogens is 94.0 g/mol. The monoisotopic (exact) mass is 100 g/mol. The van der Waals surface area contributed by atoms with Gasteiger partial charge < -0.3 is 5.11 Å². The molecule has 1 aromatic heterocycles. The summed E-state index contributed by atoms with van der Waals surface area (Å²) in [6.45, 7) is 1.75. The largest absolute Gasteiger partial charge is 0.457 e. The molecular formula is C4H6NO2+. The Morgan fingerprint density at radius 3 is 2.71 bits per heavy atom. The standard InChI is InChI=1S/C4H5NO2/c1-3-2-4(6)5-7-3/h2H,1H3,(H,5,6)/p+1. The van der Waals surface area contributed by atoms with Crippen LogP contribution < -0.4 is 5.16 Å². The first-order valence-electron chi connectivity index (χ1n) is 1.96. The molecule has 0 amide bonds. The summed E-state index contributed by atoms with van der Waals surface area (Å²) < 4.78 is 4.59. The average Bonchev–Trinajstić information content (AvgIpc) is 1.87. The molecule has 0 aliphatic carbocycles. The van der Waals surface area contributed by atoms with Crippen molar-refractivity contribution in [1.82, 2.24) is 0 Å². The molecule has 0 atom stereocenters. The number of rotatable bonds is 0. The van der Waals surface area contributed by atoms with Gasteiger partial charge in [0.05, 0.1) is 6.07 Å². The quantitative estimate of drug-likeness (QED) is 0.503. The highest BCUT2D eigenvalue weighted by Crippen LogP contribution is 1.99. The fraction of sp³-hybridized carbons (Fsp3) is 0.250. The van der Waals surface area contributed by atoms with E-state index in [4.69, 9.17) is 5.11 Å². The van der Waals surface area contributed by atoms with Gasteiger partial charge in [-0.25, -0.2) is 4.52 Å². The molecule has 1 heterocycles. The third-order valence-corrected chi connectivity index (χ3v) is 0.657. The van der Waals surface area contributed by atoms with Gasteiger partial charge in [-0.05, 0) is 0 Å². The molecule has 0 radical (unpaired) electrons. The minimum Gasteiger partial charge on any atom is -0.457 e. The van der Waals surface area contributed by atoms with Crippen LogP contribution in [0.2, 0.25) is 0 Å². The molecule has 1 aromatic rings. The van der Waals surface area contributed by atoms with Crippen LogP contribution in [0.1, 0.15) is 5.76 Å². The van der Waals surface area contributed by atoms with Gasteiger partial charge >= 0.3 is 5.88 Å². The van der Waals surface area contributed by atoms with E-state index in [0.29, 0.717) is 5.76 Å². The van der Waals surface area contributed by atoms with Gasteiger partial charge in [-0.15, -0.1) is 0 Å². The molecule has 0 fully saturated rings. The van der Waals surface area contributed by atoms with Gasteiger partial charge in [0, 0.05) is 12.1 Å². The number of hydrogen-bond donors (Lipinski definition) is 1. The molecule has 0 unspecified atom stereocenters. The van der Waals surface area contributed by atoms with Crippen molar-refractivity contribution in [1.29, 1.82) is 0 Å². The Morgan fingerprint density at radius 1 is 1.86 bits per heavy atom. The summed E-state index contributed by atoms with van der Waals surface area (Å²) in [7, 11) is 0. The van der Waals surface area contributed by atoms with E-state index < -0.39 is 0 Å². The Labute approximate surface area is 40.6 Å². The van der Waals surface area contributed by atoms with E-state index in [0.717, 1.165) is 0 Å². The average molecular weight is 100 g/mol. The molecule has 0 spiro atoms. The first kappa shape index (κ1) is 4.18. The predicted octanol–water partition coefficient (Wildman–Crippen LogP) is 0.108. The van der Waals surface area contributed by atoms with Crippen molar-refractivity contribution in [3.8, 4) is 5.88 Å². The normalized spacial score (nSPS) is 9.29. The Bertz CT molecular complexity index is 142. The van der Waals surface area contributed by atoms with Gasteiger partial charge in [0.2, 0.25) is 0 Å². The number of aromatic amines is 1. The van der Waals surface area contributed by atoms with Gasteiger partial charge in [0.15, 0.2) is 5.76 Å². The Hall–Kier alpha value is -0.990. The number of aromatic nitrogens is 1. The molecule has 2 N–H and O–H groups in total. The summed E-state index contributed by atoms with van der Waals surface area (Å²) >= 11 is 0. The maximum Gasteiger partial charge on any atom is 0.410 e. The lowest BCUT2D eigenvalue weighted by atomic mass is 10.5. The second kappa shape index (κ2) is 1.26. The van der Waals surface area contributed by atoms with Gasteiger partial charge in [0.25, 0.3) is 0 Å². The highest BCUT2D eigenvalue weighted by atomic mass is 16.5. The third kappa shape index (κ3) is 0.707. The van der Waals surface area contributed by atoms with Crippen LogP contribution in [-0.4, -0.2) is 5.11 Å². The summed E-state index contributed by atoms with van der Waals surface area (Å²) in [6.07, 6.45) is 0. The van der Waals surface area contributed by atoms with Crippen molar-refractivity contribution >= 4 is 0 Å². The first-order valence-corrected chi connectivity index (χ1v) is 1.96. The summed E-state index contributed by atoms with van der Waals surface area (Å²) in [5.41, 5.74) is 0. The van der Waals surface area contributed by atoms with Gasteiger partial charge in [0.1, 0.15) is 0 Å². The number of hydrogen-bond acceptors (Lipinski definition) is 2. The fourth-order valence-corrected chi connectivity index (χ4v) is 0.384. The molecule has 0 saturated carbocycles. The summed E-state index contributed by atoms with van der Waals surface area (Å²) in [5.74, 6) is 0.745. The maximum absolute atomic E-state index is 8.50. The molecule has 7 heavy (non-hydrogen) atoms. The van der Waals surface area contributed by atoms with Crippen molar-refractivity contribution in [3.05, 3.63) is 11.8 Å². The van der Waals surface area contributed by atoms with E-state index in [-0.39, 0.29) is 5.88 Å². The van der Waals surface area contributed by atoms with E-state index in [1.165, 1.54) is 6.07 Å². The number of aryl methyl sites for hydroxylation is 1. The zero-order valence-corrected chi connectivity index (χ0v) is 3.93. The van der Waals surface area contributed by atoms with Crippen molar-refractivity contribution in [2.24, 2.45) is 0 Å². The molecule has 38 valence electrons. The molecule has 0 aromatic carbocycles. The SMILES string of the molecule is Cc1cc(O)[nH+]o1. The Balaban J connectivity index is 3.04. The first-order chi connectivity index (χ1) is 3.29. The Morgan fingerprint density at radius 2 is 2.57 bits per heavy atom. The summed E-state index contributed by atoms with van der Waals surface area (Å²) in [4.78, 5) is 0. The van der Waals surface area contributed by atoms with Gasteiger partial charge in [-0.1, -0.05) is 0 Å². The molecule has 0 saturated heterocycles. The Kier molecular flexibility index (Phi) is 0.749. The van der Waals surface area contributed by atoms with Crippen molar-refractivity contribution in [2.75, 3.05) is 0 Å². The zero-order valence-electron chi connectivity index (χ0n) is 3.93. The summed E-state index contributed by atoms with van der Waals surface area (Å²) in [5, 5.41) is 10.8. The van der Waals surface area contributed by atoms with Crippen LogP contribution in [0.15, 0.2) is 10.6 Å². The molecule has 0 bridgehead atoms. The number of H-pyrrole nitrogens is 1. The molecule has 0 aliphatic heterocycles. The van der Waals surface area contributed by atoms with Crippen LogP contribution in [-0.2, 0) is 0 Å². The van der Waals surface area contributed by atoms with Crippen molar-refractivity contribution in [2.45, 2.75) is 6.92 Å². The van der Waals surface area contributed by atoms with Crippen molar-refractivity contribution in [3.63, 3.8) is 0 Å². The minimum atomic E-state index is 0.0671. The predicted molar refractivity (Wildman–Crippen MR) is 21.7 cm³/mol. The van der Waals surface area contributed by atoms with E-state index in [1.54, 1.807) is 6.92 Å². The van der Waals surface area contributed by atoms with Crippen LogP contribution in [0.5, 0.6) is 5.88 Å².